The van der Waals surface area contributed by atoms with Crippen LogP contribution in [0.2, 0.25) is 0 Å². The molecule has 0 unspecified atom stereocenters. The van der Waals surface area contributed by atoms with Crippen LogP contribution in [0.1, 0.15) is 31.7 Å². The Kier molecular flexibility index (Phi) is 5.82. The van der Waals surface area contributed by atoms with Crippen LogP contribution in [-0.4, -0.2) is 32.9 Å². The van der Waals surface area contributed by atoms with Crippen LogP contribution >= 0.6 is 15.9 Å². The second-order valence-electron chi connectivity index (χ2n) is 5.67. The predicted molar refractivity (Wildman–Crippen MR) is 88.7 cm³/mol. The van der Waals surface area contributed by atoms with E-state index in [1.54, 1.807) is 13.1 Å². The standard InChI is InChI=1S/C15H23BrN2O2S/c1-3-8-17-10-13-6-7-14(16)15(9-13)21(19,20)18(2)11-12-4-5-12/h6-7,9,12,17H,3-5,8,10-11H2,1-2H3. The lowest BCUT2D eigenvalue weighted by Gasteiger charge is -2.18. The summed E-state index contributed by atoms with van der Waals surface area (Å²) in [5, 5.41) is 3.30. The SMILES string of the molecule is CCCNCc1ccc(Br)c(S(=O)(=O)N(C)CC2CC2)c1. The Balaban J connectivity index is 2.17. The Bertz CT molecular complexity index is 585. The molecule has 1 fully saturated rings. The van der Waals surface area contributed by atoms with E-state index < -0.39 is 10.0 Å². The highest BCUT2D eigenvalue weighted by molar-refractivity contribution is 9.10. The van der Waals surface area contributed by atoms with Crippen molar-refractivity contribution in [2.45, 2.75) is 37.6 Å². The summed E-state index contributed by atoms with van der Waals surface area (Å²) in [4.78, 5) is 0.362. The number of benzene rings is 1. The fourth-order valence-corrected chi connectivity index (χ4v) is 4.41. The zero-order valence-corrected chi connectivity index (χ0v) is 15.0. The molecule has 1 aromatic carbocycles. The van der Waals surface area contributed by atoms with Crippen molar-refractivity contribution in [3.8, 4) is 0 Å². The van der Waals surface area contributed by atoms with E-state index >= 15 is 0 Å². The molecule has 21 heavy (non-hydrogen) atoms. The number of rotatable bonds is 8. The summed E-state index contributed by atoms with van der Waals surface area (Å²) in [5.74, 6) is 0.540. The molecule has 0 atom stereocenters. The molecule has 1 saturated carbocycles. The first-order valence-electron chi connectivity index (χ1n) is 7.40. The van der Waals surface area contributed by atoms with Gasteiger partial charge in [0.25, 0.3) is 0 Å². The van der Waals surface area contributed by atoms with Crippen LogP contribution in [0.4, 0.5) is 0 Å². The minimum atomic E-state index is -3.42. The van der Waals surface area contributed by atoms with Gasteiger partial charge in [0.2, 0.25) is 10.0 Å². The van der Waals surface area contributed by atoms with Gasteiger partial charge in [0.05, 0.1) is 4.90 Å². The van der Waals surface area contributed by atoms with Gasteiger partial charge in [0, 0.05) is 24.6 Å². The van der Waals surface area contributed by atoms with E-state index in [1.165, 1.54) is 4.31 Å². The fraction of sp³-hybridized carbons (Fsp3) is 0.600. The van der Waals surface area contributed by atoms with Crippen LogP contribution in [0.5, 0.6) is 0 Å². The van der Waals surface area contributed by atoms with Gasteiger partial charge in [-0.2, -0.15) is 0 Å². The highest BCUT2D eigenvalue weighted by Crippen LogP contribution is 2.32. The quantitative estimate of drug-likeness (QED) is 0.711. The van der Waals surface area contributed by atoms with Crippen molar-refractivity contribution in [2.75, 3.05) is 20.1 Å². The first kappa shape index (κ1) is 16.9. The molecule has 6 heteroatoms. The van der Waals surface area contributed by atoms with E-state index in [4.69, 9.17) is 0 Å². The second-order valence-corrected chi connectivity index (χ2v) is 8.54. The van der Waals surface area contributed by atoms with Crippen LogP contribution in [-0.2, 0) is 16.6 Å². The highest BCUT2D eigenvalue weighted by Gasteiger charge is 2.30. The lowest BCUT2D eigenvalue weighted by Crippen LogP contribution is -2.29. The Hall–Kier alpha value is -0.430. The van der Waals surface area contributed by atoms with Crippen molar-refractivity contribution in [3.63, 3.8) is 0 Å². The zero-order valence-electron chi connectivity index (χ0n) is 12.6. The summed E-state index contributed by atoms with van der Waals surface area (Å²) in [5.41, 5.74) is 0.991. The molecule has 0 heterocycles. The molecule has 1 aromatic rings. The largest absolute Gasteiger partial charge is 0.313 e. The van der Waals surface area contributed by atoms with Crippen LogP contribution < -0.4 is 5.32 Å². The molecule has 118 valence electrons. The summed E-state index contributed by atoms with van der Waals surface area (Å²) in [7, 11) is -1.75. The lowest BCUT2D eigenvalue weighted by atomic mass is 10.2. The minimum absolute atomic E-state index is 0.362. The molecule has 0 bridgehead atoms. The number of halogens is 1. The first-order valence-corrected chi connectivity index (χ1v) is 9.64. The lowest BCUT2D eigenvalue weighted by molar-refractivity contribution is 0.452. The van der Waals surface area contributed by atoms with E-state index in [9.17, 15) is 8.42 Å². The van der Waals surface area contributed by atoms with Gasteiger partial charge >= 0.3 is 0 Å². The first-order chi connectivity index (χ1) is 9.95. The molecule has 1 aliphatic carbocycles. The summed E-state index contributed by atoms with van der Waals surface area (Å²) in [6.07, 6.45) is 3.34. The van der Waals surface area contributed by atoms with Crippen molar-refractivity contribution < 1.29 is 8.42 Å². The Labute approximate surface area is 136 Å². The van der Waals surface area contributed by atoms with Crippen molar-refractivity contribution in [1.82, 2.24) is 9.62 Å². The Morgan fingerprint density at radius 2 is 2.10 bits per heavy atom. The van der Waals surface area contributed by atoms with E-state index in [0.29, 0.717) is 28.4 Å². The normalized spacial score (nSPS) is 15.6. The van der Waals surface area contributed by atoms with Crippen LogP contribution in [0.25, 0.3) is 0 Å². The van der Waals surface area contributed by atoms with E-state index in [0.717, 1.165) is 31.4 Å². The van der Waals surface area contributed by atoms with Gasteiger partial charge in [-0.15, -0.1) is 0 Å². The molecule has 0 saturated heterocycles. The molecule has 0 spiro atoms. The molecule has 4 nitrogen and oxygen atoms in total. The summed E-state index contributed by atoms with van der Waals surface area (Å²) < 4.78 is 27.5. The molecule has 1 aliphatic rings. The van der Waals surface area contributed by atoms with Crippen molar-refractivity contribution in [1.29, 1.82) is 0 Å². The topological polar surface area (TPSA) is 49.4 Å². The third-order valence-electron chi connectivity index (χ3n) is 3.65. The monoisotopic (exact) mass is 374 g/mol. The second kappa shape index (κ2) is 7.22. The van der Waals surface area contributed by atoms with E-state index in [1.807, 2.05) is 12.1 Å². The summed E-state index contributed by atoms with van der Waals surface area (Å²) in [6, 6.07) is 5.54. The average Bonchev–Trinajstić information content (AvgIpc) is 3.24. The molecule has 1 N–H and O–H groups in total. The van der Waals surface area contributed by atoms with Crippen molar-refractivity contribution in [3.05, 3.63) is 28.2 Å². The fourth-order valence-electron chi connectivity index (χ4n) is 2.19. The highest BCUT2D eigenvalue weighted by atomic mass is 79.9. The summed E-state index contributed by atoms with van der Waals surface area (Å²) >= 11 is 3.37. The van der Waals surface area contributed by atoms with Crippen molar-refractivity contribution >= 4 is 26.0 Å². The number of nitrogens with one attached hydrogen (secondary N) is 1. The molecule has 0 radical (unpaired) electrons. The van der Waals surface area contributed by atoms with Crippen LogP contribution in [0.3, 0.4) is 0 Å². The molecular formula is C15H23BrN2O2S. The van der Waals surface area contributed by atoms with Crippen LogP contribution in [0, 0.1) is 5.92 Å². The number of hydrogen-bond acceptors (Lipinski definition) is 3. The number of nitrogens with zero attached hydrogens (tertiary/aromatic N) is 1. The van der Waals surface area contributed by atoms with Gasteiger partial charge in [-0.25, -0.2) is 12.7 Å². The molecular weight excluding hydrogens is 352 g/mol. The van der Waals surface area contributed by atoms with Gasteiger partial charge in [0.1, 0.15) is 0 Å². The summed E-state index contributed by atoms with van der Waals surface area (Å²) in [6.45, 7) is 4.35. The van der Waals surface area contributed by atoms with Gasteiger partial charge in [0.15, 0.2) is 0 Å². The third kappa shape index (κ3) is 4.52. The Morgan fingerprint density at radius 3 is 2.71 bits per heavy atom. The predicted octanol–water partition coefficient (Wildman–Crippen LogP) is 2.98. The number of hydrogen-bond donors (Lipinski definition) is 1. The molecule has 0 aliphatic heterocycles. The third-order valence-corrected chi connectivity index (χ3v) is 6.47. The maximum atomic E-state index is 12.7. The maximum absolute atomic E-state index is 12.7. The van der Waals surface area contributed by atoms with Crippen molar-refractivity contribution in [2.24, 2.45) is 5.92 Å². The smallest absolute Gasteiger partial charge is 0.243 e. The minimum Gasteiger partial charge on any atom is -0.313 e. The number of sulfonamides is 1. The van der Waals surface area contributed by atoms with Gasteiger partial charge < -0.3 is 5.32 Å². The van der Waals surface area contributed by atoms with E-state index in [2.05, 4.69) is 28.2 Å². The molecule has 2 rings (SSSR count). The average molecular weight is 375 g/mol. The van der Waals surface area contributed by atoms with Crippen LogP contribution in [0.15, 0.2) is 27.6 Å². The maximum Gasteiger partial charge on any atom is 0.243 e. The van der Waals surface area contributed by atoms with E-state index in [-0.39, 0.29) is 0 Å². The van der Waals surface area contributed by atoms with Gasteiger partial charge in [-0.05, 0) is 65.4 Å². The van der Waals surface area contributed by atoms with Gasteiger partial charge in [-0.1, -0.05) is 13.0 Å². The molecule has 0 amide bonds. The Morgan fingerprint density at radius 1 is 1.38 bits per heavy atom. The zero-order chi connectivity index (χ0) is 15.5. The van der Waals surface area contributed by atoms with Gasteiger partial charge in [-0.3, -0.25) is 0 Å². The molecule has 0 aromatic heterocycles.